The maximum atomic E-state index is 12.6. The second kappa shape index (κ2) is 65.2. The number of benzene rings is 2. The molecule has 0 aliphatic carbocycles. The maximum absolute atomic E-state index is 12.6. The van der Waals surface area contributed by atoms with Gasteiger partial charge in [-0.2, -0.15) is 0 Å². The van der Waals surface area contributed by atoms with Crippen LogP contribution in [0.1, 0.15) is 309 Å². The van der Waals surface area contributed by atoms with E-state index in [1.807, 2.05) is 33.7 Å². The topological polar surface area (TPSA) is 110 Å². The van der Waals surface area contributed by atoms with E-state index in [2.05, 4.69) is 83.5 Å². The largest absolute Gasteiger partial charge is 0.498 e. The van der Waals surface area contributed by atoms with E-state index in [4.69, 9.17) is 28.4 Å². The summed E-state index contributed by atoms with van der Waals surface area (Å²) in [5.41, 5.74) is 2.08. The van der Waals surface area contributed by atoms with Gasteiger partial charge in [0.1, 0.15) is 17.6 Å². The number of nitrogens with zero attached hydrogens (tertiary/aromatic N) is 1. The molecule has 91 heavy (non-hydrogen) atoms. The number of hydrogen-bond acceptors (Lipinski definition) is 12. The minimum Gasteiger partial charge on any atom is -0.498 e. The molecule has 12 heteroatoms. The van der Waals surface area contributed by atoms with Crippen LogP contribution in [-0.2, 0) is 46.2 Å². The van der Waals surface area contributed by atoms with Gasteiger partial charge in [-0.25, -0.2) is 0 Å². The predicted octanol–water partition coefficient (Wildman–Crippen LogP) is 23.0. The molecule has 10 nitrogen and oxygen atoms in total. The first-order valence-corrected chi connectivity index (χ1v) is 39.9. The Morgan fingerprint density at radius 3 is 1.45 bits per heavy atom. The molecule has 0 N–H and O–H groups in total. The Balaban J connectivity index is 0.000000950. The average molecular weight is 1310 g/mol. The molecule has 1 heterocycles. The fourth-order valence-electron chi connectivity index (χ4n) is 11.2. The summed E-state index contributed by atoms with van der Waals surface area (Å²) in [5, 5.41) is 0. The Hall–Kier alpha value is -3.45. The van der Waals surface area contributed by atoms with Crippen LogP contribution in [0.5, 0.6) is 11.5 Å². The number of hydrogen-bond donors (Lipinski definition) is 0. The van der Waals surface area contributed by atoms with Crippen molar-refractivity contribution >= 4 is 39.5 Å². The molecule has 1 fully saturated rings. The minimum absolute atomic E-state index is 0.0493. The number of piperidine rings is 1. The highest BCUT2D eigenvalue weighted by molar-refractivity contribution is 8.76. The standard InChI is InChI=1S/C44H75NO6S2.C33H58O3.C2H4/c1-4-7-9-11-13-17-21-40(20-16-10-8-5-2)50-42(46)22-18-14-12-15-19-23-43(47)51-41-26-24-39(25-27-41)37-44(48)49-34-30-38-28-31-45(32-29-38)33-36-53-52-35-6-3;1-4-6-8-10-12-15-18-26-34-27-19-16-13-11-14-17-21-29-36-33-24-22-32(23-25-33)30-31(3)35-28-20-9-7-5-2;1-2/h24-27,38,40H,4-23,28-37H2,1-3H3;22-25H,3-21,26-30H2,1-2H3;1-2H2. The summed E-state index contributed by atoms with van der Waals surface area (Å²) >= 11 is 0. The van der Waals surface area contributed by atoms with Gasteiger partial charge in [0.25, 0.3) is 0 Å². The zero-order valence-electron chi connectivity index (χ0n) is 59.3. The highest BCUT2D eigenvalue weighted by Gasteiger charge is 2.20. The molecule has 0 bridgehead atoms. The van der Waals surface area contributed by atoms with Crippen LogP contribution in [0.4, 0.5) is 0 Å². The first-order chi connectivity index (χ1) is 44.7. The summed E-state index contributed by atoms with van der Waals surface area (Å²) in [7, 11) is 3.97. The molecule has 1 aliphatic heterocycles. The van der Waals surface area contributed by atoms with Gasteiger partial charge in [0.15, 0.2) is 0 Å². The van der Waals surface area contributed by atoms with Crippen LogP contribution in [0.15, 0.2) is 74.0 Å². The van der Waals surface area contributed by atoms with Gasteiger partial charge < -0.3 is 33.3 Å². The third-order valence-corrected chi connectivity index (χ3v) is 19.5. The van der Waals surface area contributed by atoms with E-state index in [1.165, 1.54) is 197 Å². The van der Waals surface area contributed by atoms with Gasteiger partial charge in [0.05, 0.1) is 32.0 Å². The molecule has 0 amide bonds. The van der Waals surface area contributed by atoms with E-state index in [9.17, 15) is 14.4 Å². The van der Waals surface area contributed by atoms with Gasteiger partial charge in [-0.05, 0) is 144 Å². The number of rotatable bonds is 60. The third-order valence-electron chi connectivity index (χ3n) is 16.9. The van der Waals surface area contributed by atoms with Crippen molar-refractivity contribution in [1.82, 2.24) is 4.90 Å². The number of esters is 3. The molecule has 2 aromatic rings. The molecule has 0 aromatic heterocycles. The molecule has 1 aliphatic rings. The molecule has 2 aromatic carbocycles. The van der Waals surface area contributed by atoms with Crippen LogP contribution >= 0.6 is 21.6 Å². The summed E-state index contributed by atoms with van der Waals surface area (Å²) in [5.74, 6) is 4.87. The Kier molecular flexibility index (Phi) is 61.3. The lowest BCUT2D eigenvalue weighted by Gasteiger charge is -2.31. The zero-order valence-corrected chi connectivity index (χ0v) is 60.9. The average Bonchev–Trinajstić information content (AvgIpc) is 3.62. The second-order valence-corrected chi connectivity index (χ2v) is 28.0. The molecule has 0 radical (unpaired) electrons. The second-order valence-electron chi connectivity index (χ2n) is 25.3. The van der Waals surface area contributed by atoms with Crippen molar-refractivity contribution in [2.24, 2.45) is 5.92 Å². The minimum atomic E-state index is -0.244. The number of unbranched alkanes of at least 4 members (excludes halogenated alkanes) is 27. The molecule has 1 unspecified atom stereocenters. The predicted molar refractivity (Wildman–Crippen MR) is 392 cm³/mol. The van der Waals surface area contributed by atoms with E-state index >= 15 is 0 Å². The van der Waals surface area contributed by atoms with Crippen LogP contribution in [0.2, 0.25) is 0 Å². The molecular formula is C79H137NO9S2. The Labute approximate surface area is 567 Å². The lowest BCUT2D eigenvalue weighted by atomic mass is 9.94. The van der Waals surface area contributed by atoms with Crippen molar-refractivity contribution in [2.45, 2.75) is 317 Å². The molecule has 1 saturated heterocycles. The lowest BCUT2D eigenvalue weighted by Crippen LogP contribution is -2.35. The molecule has 0 saturated carbocycles. The highest BCUT2D eigenvalue weighted by Crippen LogP contribution is 2.26. The summed E-state index contributed by atoms with van der Waals surface area (Å²) < 4.78 is 34.5. The summed E-state index contributed by atoms with van der Waals surface area (Å²) in [6.45, 7) is 28.7. The smallest absolute Gasteiger partial charge is 0.311 e. The van der Waals surface area contributed by atoms with E-state index in [1.54, 1.807) is 12.1 Å². The number of carbonyl (C=O) groups excluding carboxylic acids is 3. The van der Waals surface area contributed by atoms with Gasteiger partial charge in [0, 0.05) is 50.5 Å². The highest BCUT2D eigenvalue weighted by atomic mass is 33.1. The lowest BCUT2D eigenvalue weighted by molar-refractivity contribution is -0.150. The van der Waals surface area contributed by atoms with Crippen molar-refractivity contribution in [1.29, 1.82) is 0 Å². The fraction of sp³-hybridized carbons (Fsp3) is 0.759. The van der Waals surface area contributed by atoms with E-state index in [0.717, 1.165) is 140 Å². The Morgan fingerprint density at radius 2 is 0.901 bits per heavy atom. The fourth-order valence-corrected chi connectivity index (χ4v) is 13.3. The van der Waals surface area contributed by atoms with Crippen LogP contribution in [0.3, 0.4) is 0 Å². The van der Waals surface area contributed by atoms with E-state index in [0.29, 0.717) is 31.1 Å². The molecule has 0 spiro atoms. The molecule has 1 atom stereocenters. The van der Waals surface area contributed by atoms with Crippen molar-refractivity contribution in [3.63, 3.8) is 0 Å². The number of likely N-dealkylation sites (tertiary alicyclic amines) is 1. The van der Waals surface area contributed by atoms with Gasteiger partial charge in [0.2, 0.25) is 0 Å². The quantitative estimate of drug-likeness (QED) is 0.0157. The monoisotopic (exact) mass is 1310 g/mol. The summed E-state index contributed by atoms with van der Waals surface area (Å²) in [4.78, 5) is 40.0. The number of carbonyl (C=O) groups is 3. The zero-order chi connectivity index (χ0) is 66.1. The van der Waals surface area contributed by atoms with Crippen LogP contribution in [0, 0.1) is 5.92 Å². The van der Waals surface area contributed by atoms with Crippen LogP contribution in [0.25, 0.3) is 0 Å². The van der Waals surface area contributed by atoms with Gasteiger partial charge in [-0.1, -0.05) is 248 Å². The first kappa shape index (κ1) is 85.6. The summed E-state index contributed by atoms with van der Waals surface area (Å²) in [6.07, 6.45) is 48.6. The third kappa shape index (κ3) is 54.5. The van der Waals surface area contributed by atoms with Gasteiger partial charge in [-0.3, -0.25) is 14.4 Å². The first-order valence-electron chi connectivity index (χ1n) is 37.4. The summed E-state index contributed by atoms with van der Waals surface area (Å²) in [6, 6.07) is 15.5. The van der Waals surface area contributed by atoms with Gasteiger partial charge in [-0.15, -0.1) is 13.2 Å². The molecule has 3 rings (SSSR count). The van der Waals surface area contributed by atoms with Crippen LogP contribution in [-0.4, -0.2) is 93.1 Å². The SMILES string of the molecule is C=C.C=C(Cc1ccc(OCCCCCCCCCOCCCCCCCCC)cc1)OCCCCCC.CCCCCCCCC(CCCCCC)OC(=O)CCCCCCCC(=O)Oc1ccc(CC(=O)OCCC2CCN(CCSSCCC)CC2)cc1. The maximum Gasteiger partial charge on any atom is 0.311 e. The number of allylic oxidation sites excluding steroid dienone is 1. The van der Waals surface area contributed by atoms with Gasteiger partial charge >= 0.3 is 17.9 Å². The molecular weight excluding hydrogens is 1170 g/mol. The Bertz CT molecular complexity index is 1940. The number of ether oxygens (including phenoxy) is 6. The van der Waals surface area contributed by atoms with Crippen LogP contribution < -0.4 is 9.47 Å². The van der Waals surface area contributed by atoms with Crippen molar-refractivity contribution in [2.75, 3.05) is 64.2 Å². The van der Waals surface area contributed by atoms with Crippen molar-refractivity contribution < 1.29 is 42.8 Å². The van der Waals surface area contributed by atoms with E-state index < -0.39 is 0 Å². The molecule has 524 valence electrons. The Morgan fingerprint density at radius 1 is 0.462 bits per heavy atom. The van der Waals surface area contributed by atoms with Crippen molar-refractivity contribution in [3.8, 4) is 11.5 Å². The van der Waals surface area contributed by atoms with Crippen molar-refractivity contribution in [3.05, 3.63) is 85.2 Å². The normalized spacial score (nSPS) is 12.7. The van der Waals surface area contributed by atoms with E-state index in [-0.39, 0.29) is 30.4 Å².